The van der Waals surface area contributed by atoms with E-state index < -0.39 is 24.5 Å². The molecule has 0 bridgehead atoms. The Labute approximate surface area is 397 Å². The molecule has 0 radical (unpaired) electrons. The monoisotopic (exact) mass is 918 g/mol. The van der Waals surface area contributed by atoms with E-state index in [1.807, 2.05) is 97.1 Å². The molecular weight excluding hydrogens is 861 g/mol. The van der Waals surface area contributed by atoms with E-state index in [0.717, 1.165) is 47.9 Å². The van der Waals surface area contributed by atoms with Crippen LogP contribution in [0.5, 0.6) is 11.5 Å². The molecule has 68 heavy (non-hydrogen) atoms. The van der Waals surface area contributed by atoms with Crippen molar-refractivity contribution in [2.45, 2.75) is 116 Å². The topological polar surface area (TPSA) is 148 Å². The summed E-state index contributed by atoms with van der Waals surface area (Å²) in [5.74, 6) is 1.05. The van der Waals surface area contributed by atoms with Gasteiger partial charge in [-0.15, -0.1) is 0 Å². The number of carbonyl (C=O) groups excluding carboxylic acids is 4. The predicted molar refractivity (Wildman–Crippen MR) is 257 cm³/mol. The van der Waals surface area contributed by atoms with Gasteiger partial charge in [-0.25, -0.2) is 19.2 Å². The summed E-state index contributed by atoms with van der Waals surface area (Å²) in [5.41, 5.74) is 6.68. The molecule has 6 aromatic rings. The van der Waals surface area contributed by atoms with Gasteiger partial charge in [0.25, 0.3) is 0 Å². The van der Waals surface area contributed by atoms with Gasteiger partial charge in [0.15, 0.2) is 0 Å². The van der Waals surface area contributed by atoms with E-state index in [4.69, 9.17) is 28.4 Å². The second-order valence-electron chi connectivity index (χ2n) is 17.4. The first-order valence-corrected chi connectivity index (χ1v) is 23.7. The number of hydrogen-bond acceptors (Lipinski definition) is 10. The van der Waals surface area contributed by atoms with Crippen molar-refractivity contribution in [2.24, 2.45) is 0 Å². The highest BCUT2D eigenvalue weighted by molar-refractivity contribution is 5.95. The lowest BCUT2D eigenvalue weighted by molar-refractivity contribution is 0.0919. The van der Waals surface area contributed by atoms with Gasteiger partial charge >= 0.3 is 24.5 Å². The summed E-state index contributed by atoms with van der Waals surface area (Å²) in [5, 5.41) is 6.54. The van der Waals surface area contributed by atoms with Gasteiger partial charge in [0, 0.05) is 23.1 Å². The Bertz CT molecular complexity index is 2640. The summed E-state index contributed by atoms with van der Waals surface area (Å²) in [4.78, 5) is 53.4. The molecule has 6 aromatic carbocycles. The van der Waals surface area contributed by atoms with Crippen LogP contribution in [0.4, 0.5) is 19.2 Å². The first-order chi connectivity index (χ1) is 33.4. The molecule has 2 aliphatic rings. The van der Waals surface area contributed by atoms with E-state index in [2.05, 4.69) is 22.8 Å². The van der Waals surface area contributed by atoms with Crippen molar-refractivity contribution >= 4 is 35.3 Å². The third-order valence-electron chi connectivity index (χ3n) is 12.8. The number of alkyl carbamates (subject to hydrolysis) is 2. The number of benzene rings is 6. The maximum atomic E-state index is 13.4. The fourth-order valence-electron chi connectivity index (χ4n) is 9.34. The quantitative estimate of drug-likeness (QED) is 0.0546. The Morgan fingerprint density at radius 1 is 0.426 bits per heavy atom. The van der Waals surface area contributed by atoms with E-state index in [1.165, 1.54) is 55.7 Å². The Balaban J connectivity index is 1.03. The minimum atomic E-state index is -0.980. The Kier molecular flexibility index (Phi) is 16.6. The molecule has 2 N–H and O–H groups in total. The molecule has 12 nitrogen and oxygen atoms in total. The van der Waals surface area contributed by atoms with Crippen LogP contribution in [0.2, 0.25) is 0 Å². The SMILES string of the molecule is O=C(NCc1ccc2c(CNC(=O)OCc3ccccc3C3CCCCC3)c(OC(=O)OCc3ccccc3)ccc2c1OC(=O)OCc1ccccc1)OCc1ccccc1C1CCCCC1. The number of hydrogen-bond donors (Lipinski definition) is 2. The van der Waals surface area contributed by atoms with Crippen LogP contribution in [-0.4, -0.2) is 24.5 Å². The average molecular weight is 919 g/mol. The van der Waals surface area contributed by atoms with Gasteiger partial charge in [0.1, 0.15) is 37.9 Å². The van der Waals surface area contributed by atoms with Gasteiger partial charge < -0.3 is 39.1 Å². The molecule has 0 saturated heterocycles. The van der Waals surface area contributed by atoms with Gasteiger partial charge in [0.2, 0.25) is 0 Å². The number of nitrogens with one attached hydrogen (secondary N) is 2. The fourth-order valence-corrected chi connectivity index (χ4v) is 9.34. The van der Waals surface area contributed by atoms with Gasteiger partial charge in [-0.05, 0) is 88.4 Å². The maximum Gasteiger partial charge on any atom is 0.514 e. The van der Waals surface area contributed by atoms with Crippen LogP contribution in [0.1, 0.15) is 121 Å². The van der Waals surface area contributed by atoms with E-state index in [9.17, 15) is 19.2 Å². The lowest BCUT2D eigenvalue weighted by Crippen LogP contribution is -2.25. The highest BCUT2D eigenvalue weighted by atomic mass is 16.7. The number of fused-ring (bicyclic) bond motifs is 1. The molecule has 2 saturated carbocycles. The minimum absolute atomic E-state index is 0.0234. The van der Waals surface area contributed by atoms with Crippen molar-refractivity contribution in [2.75, 3.05) is 0 Å². The van der Waals surface area contributed by atoms with Gasteiger partial charge in [-0.1, -0.05) is 160 Å². The highest BCUT2D eigenvalue weighted by Crippen LogP contribution is 2.38. The van der Waals surface area contributed by atoms with E-state index in [0.29, 0.717) is 33.7 Å². The first-order valence-electron chi connectivity index (χ1n) is 23.7. The largest absolute Gasteiger partial charge is 0.514 e. The molecule has 0 aromatic heterocycles. The zero-order chi connectivity index (χ0) is 46.9. The van der Waals surface area contributed by atoms with Crippen molar-refractivity contribution < 1.29 is 47.6 Å². The Morgan fingerprint density at radius 3 is 1.44 bits per heavy atom. The van der Waals surface area contributed by atoms with Crippen LogP contribution in [0.15, 0.2) is 133 Å². The highest BCUT2D eigenvalue weighted by Gasteiger charge is 2.24. The molecule has 0 atom stereocenters. The van der Waals surface area contributed by atoms with Crippen molar-refractivity contribution in [1.29, 1.82) is 0 Å². The Hall–Kier alpha value is -7.34. The van der Waals surface area contributed by atoms with Crippen LogP contribution < -0.4 is 20.1 Å². The zero-order valence-electron chi connectivity index (χ0n) is 38.3. The molecule has 2 aliphatic carbocycles. The van der Waals surface area contributed by atoms with Gasteiger partial charge in [-0.2, -0.15) is 0 Å². The molecule has 2 fully saturated rings. The molecule has 352 valence electrons. The molecule has 0 unspecified atom stereocenters. The summed E-state index contributed by atoms with van der Waals surface area (Å²) in [7, 11) is 0. The molecule has 0 aliphatic heterocycles. The first kappa shape index (κ1) is 47.2. The normalized spacial score (nSPS) is 14.1. The third kappa shape index (κ3) is 13.0. The van der Waals surface area contributed by atoms with Crippen molar-refractivity contribution in [3.8, 4) is 11.5 Å². The molecule has 0 heterocycles. The maximum absolute atomic E-state index is 13.4. The smallest absolute Gasteiger partial charge is 0.445 e. The molecule has 0 spiro atoms. The zero-order valence-corrected chi connectivity index (χ0v) is 38.3. The summed E-state index contributed by atoms with van der Waals surface area (Å²) < 4.78 is 34.3. The molecule has 2 amide bonds. The minimum Gasteiger partial charge on any atom is -0.445 e. The molecule has 12 heteroatoms. The van der Waals surface area contributed by atoms with Crippen molar-refractivity contribution in [3.63, 3.8) is 0 Å². The second kappa shape index (κ2) is 23.9. The molecule has 8 rings (SSSR count). The summed E-state index contributed by atoms with van der Waals surface area (Å²) in [6, 6.07) is 41.1. The fraction of sp³-hybridized carbons (Fsp3) is 0.321. The Morgan fingerprint density at radius 2 is 0.897 bits per heavy atom. The van der Waals surface area contributed by atoms with Gasteiger partial charge in [0.05, 0.1) is 6.54 Å². The van der Waals surface area contributed by atoms with E-state index >= 15 is 0 Å². The van der Waals surface area contributed by atoms with E-state index in [-0.39, 0.29) is 51.0 Å². The van der Waals surface area contributed by atoms with Crippen LogP contribution in [0, 0.1) is 0 Å². The second-order valence-corrected chi connectivity index (χ2v) is 17.4. The number of carbonyl (C=O) groups is 4. The average Bonchev–Trinajstić information content (AvgIpc) is 3.39. The summed E-state index contributed by atoms with van der Waals surface area (Å²) in [6.07, 6.45) is 8.38. The van der Waals surface area contributed by atoms with Crippen LogP contribution in [0.25, 0.3) is 10.8 Å². The van der Waals surface area contributed by atoms with Crippen LogP contribution in [-0.2, 0) is 58.5 Å². The third-order valence-corrected chi connectivity index (χ3v) is 12.8. The van der Waals surface area contributed by atoms with Crippen LogP contribution >= 0.6 is 0 Å². The predicted octanol–water partition coefficient (Wildman–Crippen LogP) is 13.2. The van der Waals surface area contributed by atoms with Crippen molar-refractivity contribution in [3.05, 3.63) is 178 Å². The lowest BCUT2D eigenvalue weighted by atomic mass is 9.82. The van der Waals surface area contributed by atoms with Gasteiger partial charge in [-0.3, -0.25) is 0 Å². The number of rotatable bonds is 16. The summed E-state index contributed by atoms with van der Waals surface area (Å²) in [6.45, 7) is -0.104. The number of amides is 2. The number of ether oxygens (including phenoxy) is 6. The van der Waals surface area contributed by atoms with E-state index in [1.54, 1.807) is 18.2 Å². The molecular formula is C56H58N2O10. The van der Waals surface area contributed by atoms with Crippen molar-refractivity contribution in [1.82, 2.24) is 10.6 Å². The van der Waals surface area contributed by atoms with Crippen LogP contribution in [0.3, 0.4) is 0 Å². The standard InChI is InChI=1S/C56H58N2O10/c59-53(63-37-44-25-13-15-27-46(44)41-21-9-3-10-22-41)57-33-43-29-30-48-49(52(43)68-56(62)66-36-40-19-7-2-8-20-40)31-32-51(67-55(61)65-35-39-17-5-1-6-18-39)50(48)34-58-54(60)64-38-45-26-14-16-28-47(45)42-23-11-4-12-24-42/h1-2,5-8,13-20,25-32,41-42H,3-4,9-12,21-24,33-38H2,(H,57,59)(H,58,60). The summed E-state index contributed by atoms with van der Waals surface area (Å²) >= 11 is 0. The lowest BCUT2D eigenvalue weighted by Gasteiger charge is -2.24.